The van der Waals surface area contributed by atoms with Crippen molar-refractivity contribution in [1.29, 1.82) is 0 Å². The maximum absolute atomic E-state index is 12.5. The van der Waals surface area contributed by atoms with Gasteiger partial charge in [-0.05, 0) is 37.8 Å². The van der Waals surface area contributed by atoms with Crippen molar-refractivity contribution in [3.63, 3.8) is 0 Å². The lowest BCUT2D eigenvalue weighted by Crippen LogP contribution is -2.22. The second kappa shape index (κ2) is 5.86. The zero-order valence-electron chi connectivity index (χ0n) is 13.8. The molecule has 3 nitrogen and oxygen atoms in total. The third-order valence-electron chi connectivity index (χ3n) is 5.26. The first-order chi connectivity index (χ1) is 10.7. The Morgan fingerprint density at radius 1 is 1.27 bits per heavy atom. The molecule has 0 unspecified atom stereocenters. The largest absolute Gasteiger partial charge is 0.466 e. The summed E-state index contributed by atoms with van der Waals surface area (Å²) in [4.78, 5) is 17.2. The van der Waals surface area contributed by atoms with Crippen LogP contribution in [0.4, 0.5) is 5.69 Å². The fourth-order valence-electron chi connectivity index (χ4n) is 4.30. The van der Waals surface area contributed by atoms with Crippen LogP contribution in [0.5, 0.6) is 0 Å². The Bertz CT molecular complexity index is 607. The summed E-state index contributed by atoms with van der Waals surface area (Å²) in [6, 6.07) is 8.26. The van der Waals surface area contributed by atoms with Crippen molar-refractivity contribution in [2.24, 2.45) is 16.8 Å². The molecule has 0 radical (unpaired) electrons. The van der Waals surface area contributed by atoms with Crippen LogP contribution in [0.15, 0.2) is 29.3 Å². The monoisotopic (exact) mass is 299 g/mol. The third kappa shape index (κ3) is 2.10. The molecule has 3 atom stereocenters. The van der Waals surface area contributed by atoms with Gasteiger partial charge in [-0.3, -0.25) is 9.79 Å². The van der Waals surface area contributed by atoms with Crippen LogP contribution in [0.25, 0.3) is 0 Å². The molecule has 118 valence electrons. The SMILES string of the molecule is CCCCC[C@@H]1[C@@H](C(=O)OCC)[C@]12C(C)=Nc1ccccc12. The van der Waals surface area contributed by atoms with E-state index < -0.39 is 0 Å². The van der Waals surface area contributed by atoms with E-state index in [9.17, 15) is 4.79 Å². The first-order valence-corrected chi connectivity index (χ1v) is 8.49. The van der Waals surface area contributed by atoms with Gasteiger partial charge in [-0.1, -0.05) is 44.4 Å². The minimum atomic E-state index is -0.184. The van der Waals surface area contributed by atoms with Gasteiger partial charge in [0.15, 0.2) is 0 Å². The molecular formula is C19H25NO2. The van der Waals surface area contributed by atoms with Gasteiger partial charge in [0, 0.05) is 5.71 Å². The Hall–Kier alpha value is -1.64. The second-order valence-corrected chi connectivity index (χ2v) is 6.42. The first-order valence-electron chi connectivity index (χ1n) is 8.49. The highest BCUT2D eigenvalue weighted by molar-refractivity contribution is 6.08. The summed E-state index contributed by atoms with van der Waals surface area (Å²) in [7, 11) is 0. The predicted molar refractivity (Wildman–Crippen MR) is 88.6 cm³/mol. The average molecular weight is 299 g/mol. The van der Waals surface area contributed by atoms with Crippen LogP contribution < -0.4 is 0 Å². The van der Waals surface area contributed by atoms with Gasteiger partial charge < -0.3 is 4.74 Å². The number of carbonyl (C=O) groups is 1. The topological polar surface area (TPSA) is 38.7 Å². The molecule has 1 aliphatic carbocycles. The Kier molecular flexibility index (Phi) is 4.07. The Morgan fingerprint density at radius 3 is 2.77 bits per heavy atom. The Balaban J connectivity index is 1.92. The van der Waals surface area contributed by atoms with Crippen molar-refractivity contribution in [3.8, 4) is 0 Å². The predicted octanol–water partition coefficient (Wildman–Crippen LogP) is 4.42. The lowest BCUT2D eigenvalue weighted by atomic mass is 9.88. The van der Waals surface area contributed by atoms with Crippen molar-refractivity contribution in [1.82, 2.24) is 0 Å². The highest BCUT2D eigenvalue weighted by Gasteiger charge is 2.72. The summed E-state index contributed by atoms with van der Waals surface area (Å²) in [5.74, 6) is 0.262. The smallest absolute Gasteiger partial charge is 0.310 e. The van der Waals surface area contributed by atoms with E-state index in [1.54, 1.807) is 0 Å². The van der Waals surface area contributed by atoms with Crippen LogP contribution in [-0.2, 0) is 14.9 Å². The molecule has 2 aliphatic rings. The number of ether oxygens (including phenoxy) is 1. The lowest BCUT2D eigenvalue weighted by molar-refractivity contribution is -0.145. The summed E-state index contributed by atoms with van der Waals surface area (Å²) >= 11 is 0. The fourth-order valence-corrected chi connectivity index (χ4v) is 4.30. The second-order valence-electron chi connectivity index (χ2n) is 6.42. The van der Waals surface area contributed by atoms with E-state index in [1.165, 1.54) is 24.8 Å². The van der Waals surface area contributed by atoms with Gasteiger partial charge in [-0.25, -0.2) is 0 Å². The quantitative estimate of drug-likeness (QED) is 0.576. The van der Waals surface area contributed by atoms with Crippen LogP contribution >= 0.6 is 0 Å². The van der Waals surface area contributed by atoms with E-state index in [1.807, 2.05) is 13.0 Å². The van der Waals surface area contributed by atoms with E-state index in [0.29, 0.717) is 12.5 Å². The number of para-hydroxylation sites is 1. The van der Waals surface area contributed by atoms with Crippen molar-refractivity contribution >= 4 is 17.4 Å². The molecule has 1 aromatic carbocycles. The summed E-state index contributed by atoms with van der Waals surface area (Å²) in [6.45, 7) is 6.61. The number of hydrogen-bond acceptors (Lipinski definition) is 3. The highest BCUT2D eigenvalue weighted by Crippen LogP contribution is 2.67. The molecule has 1 spiro atoms. The van der Waals surface area contributed by atoms with Crippen LogP contribution in [0.3, 0.4) is 0 Å². The van der Waals surface area contributed by atoms with Crippen LogP contribution in [0.2, 0.25) is 0 Å². The van der Waals surface area contributed by atoms with Crippen molar-refractivity contribution in [2.75, 3.05) is 6.61 Å². The lowest BCUT2D eigenvalue weighted by Gasteiger charge is -2.13. The molecule has 0 saturated heterocycles. The number of nitrogens with zero attached hydrogens (tertiary/aromatic N) is 1. The number of unbranched alkanes of at least 4 members (excludes halogenated alkanes) is 2. The van der Waals surface area contributed by atoms with Crippen molar-refractivity contribution in [3.05, 3.63) is 29.8 Å². The minimum Gasteiger partial charge on any atom is -0.466 e. The zero-order chi connectivity index (χ0) is 15.7. The molecule has 22 heavy (non-hydrogen) atoms. The molecular weight excluding hydrogens is 274 g/mol. The maximum Gasteiger partial charge on any atom is 0.310 e. The van der Waals surface area contributed by atoms with Gasteiger partial charge in [0.25, 0.3) is 0 Å². The molecule has 1 heterocycles. The number of esters is 1. The van der Waals surface area contributed by atoms with E-state index >= 15 is 0 Å². The summed E-state index contributed by atoms with van der Waals surface area (Å²) < 4.78 is 5.36. The average Bonchev–Trinajstić information content (AvgIpc) is 3.08. The molecule has 1 saturated carbocycles. The number of aliphatic imine (C=N–C) groups is 1. The van der Waals surface area contributed by atoms with Gasteiger partial charge in [0.05, 0.1) is 23.6 Å². The van der Waals surface area contributed by atoms with Crippen molar-refractivity contribution < 1.29 is 9.53 Å². The molecule has 3 heteroatoms. The summed E-state index contributed by atoms with van der Waals surface area (Å²) in [5, 5.41) is 0. The number of carbonyl (C=O) groups excluding carboxylic acids is 1. The number of hydrogen-bond donors (Lipinski definition) is 0. The van der Waals surface area contributed by atoms with Gasteiger partial charge >= 0.3 is 5.97 Å². The van der Waals surface area contributed by atoms with Crippen LogP contribution in [-0.4, -0.2) is 18.3 Å². The van der Waals surface area contributed by atoms with Crippen molar-refractivity contribution in [2.45, 2.75) is 51.9 Å². The van der Waals surface area contributed by atoms with E-state index in [2.05, 4.69) is 32.0 Å². The molecule has 3 rings (SSSR count). The van der Waals surface area contributed by atoms with Gasteiger partial charge in [-0.15, -0.1) is 0 Å². The summed E-state index contributed by atoms with van der Waals surface area (Å²) in [6.07, 6.45) is 4.68. The number of benzene rings is 1. The molecule has 1 aliphatic heterocycles. The zero-order valence-corrected chi connectivity index (χ0v) is 13.8. The van der Waals surface area contributed by atoms with Crippen LogP contribution in [0, 0.1) is 11.8 Å². The highest BCUT2D eigenvalue weighted by atomic mass is 16.5. The number of rotatable bonds is 6. The molecule has 0 aromatic heterocycles. The normalized spacial score (nSPS) is 28.4. The fraction of sp³-hybridized carbons (Fsp3) is 0.579. The first kappa shape index (κ1) is 15.3. The molecule has 0 N–H and O–H groups in total. The molecule has 0 bridgehead atoms. The van der Waals surface area contributed by atoms with E-state index in [0.717, 1.165) is 17.8 Å². The van der Waals surface area contributed by atoms with Crippen LogP contribution in [0.1, 0.15) is 52.0 Å². The maximum atomic E-state index is 12.5. The molecule has 1 fully saturated rings. The standard InChI is InChI=1S/C19H25NO2/c1-4-6-7-11-15-17(18(21)22-5-2)19(15)13(3)20-16-12-9-8-10-14(16)19/h8-10,12,15,17H,4-7,11H2,1-3H3/t15-,17+,19+/m1/s1. The molecule has 1 aromatic rings. The summed E-state index contributed by atoms with van der Waals surface area (Å²) in [5.41, 5.74) is 3.17. The van der Waals surface area contributed by atoms with E-state index in [-0.39, 0.29) is 17.3 Å². The molecule has 0 amide bonds. The van der Waals surface area contributed by atoms with Gasteiger partial charge in [0.1, 0.15) is 0 Å². The van der Waals surface area contributed by atoms with Gasteiger partial charge in [0.2, 0.25) is 0 Å². The number of fused-ring (bicyclic) bond motifs is 2. The Labute approximate surface area is 132 Å². The van der Waals surface area contributed by atoms with Gasteiger partial charge in [-0.2, -0.15) is 0 Å². The third-order valence-corrected chi connectivity index (χ3v) is 5.26. The Morgan fingerprint density at radius 2 is 2.05 bits per heavy atom. The minimum absolute atomic E-state index is 0.0447. The van der Waals surface area contributed by atoms with E-state index in [4.69, 9.17) is 9.73 Å².